The van der Waals surface area contributed by atoms with Gasteiger partial charge in [-0.3, -0.25) is 4.98 Å². The molecule has 0 atom stereocenters. The molecule has 0 bridgehead atoms. The molecule has 19 heavy (non-hydrogen) atoms. The largest absolute Gasteiger partial charge is 0.478 e. The predicted molar refractivity (Wildman–Crippen MR) is 70.6 cm³/mol. The molecule has 0 fully saturated rings. The molecular formula is C13H8ClN3O2. The molecule has 94 valence electrons. The van der Waals surface area contributed by atoms with Crippen LogP contribution >= 0.6 is 11.6 Å². The molecule has 2 N–H and O–H groups in total. The Kier molecular flexibility index (Phi) is 3.64. The topological polar surface area (TPSA) is 86.0 Å². The second kappa shape index (κ2) is 5.38. The van der Waals surface area contributed by atoms with E-state index in [9.17, 15) is 4.79 Å². The van der Waals surface area contributed by atoms with E-state index >= 15 is 0 Å². The minimum absolute atomic E-state index is 0.0930. The maximum atomic E-state index is 11.1. The summed E-state index contributed by atoms with van der Waals surface area (Å²) >= 11 is 6.01. The second-order valence-electron chi connectivity index (χ2n) is 3.66. The van der Waals surface area contributed by atoms with E-state index in [0.717, 1.165) is 0 Å². The van der Waals surface area contributed by atoms with Crippen LogP contribution in [0.1, 0.15) is 15.9 Å². The van der Waals surface area contributed by atoms with E-state index in [-0.39, 0.29) is 5.56 Å². The van der Waals surface area contributed by atoms with Crippen molar-refractivity contribution >= 4 is 28.9 Å². The van der Waals surface area contributed by atoms with E-state index < -0.39 is 5.97 Å². The van der Waals surface area contributed by atoms with Gasteiger partial charge in [-0.15, -0.1) is 0 Å². The quantitative estimate of drug-likeness (QED) is 0.897. The highest BCUT2D eigenvalue weighted by molar-refractivity contribution is 6.33. The molecule has 0 spiro atoms. The molecule has 0 unspecified atom stereocenters. The molecule has 5 nitrogen and oxygen atoms in total. The highest BCUT2D eigenvalue weighted by atomic mass is 35.5. The maximum absolute atomic E-state index is 11.1. The third-order valence-corrected chi connectivity index (χ3v) is 2.73. The number of carboxylic acid groups (broad SMARTS) is 1. The molecular weight excluding hydrogens is 266 g/mol. The fourth-order valence-electron chi connectivity index (χ4n) is 1.51. The predicted octanol–water partition coefficient (Wildman–Crippen LogP) is 3.05. The first-order valence-corrected chi connectivity index (χ1v) is 5.63. The maximum Gasteiger partial charge on any atom is 0.337 e. The van der Waals surface area contributed by atoms with Crippen molar-refractivity contribution in [2.24, 2.45) is 0 Å². The van der Waals surface area contributed by atoms with Crippen molar-refractivity contribution < 1.29 is 9.90 Å². The Balaban J connectivity index is 2.37. The SMILES string of the molecule is N#Cc1ccc(Nc2cnccc2C(=O)O)c(Cl)c1. The molecule has 0 aliphatic rings. The average Bonchev–Trinajstić information content (AvgIpc) is 2.41. The number of benzene rings is 1. The van der Waals surface area contributed by atoms with Crippen molar-refractivity contribution in [3.8, 4) is 6.07 Å². The first-order chi connectivity index (χ1) is 9.11. The first kappa shape index (κ1) is 12.9. The summed E-state index contributed by atoms with van der Waals surface area (Å²) in [4.78, 5) is 14.9. The number of carboxylic acids is 1. The summed E-state index contributed by atoms with van der Waals surface area (Å²) < 4.78 is 0. The van der Waals surface area contributed by atoms with E-state index in [0.29, 0.717) is 22.0 Å². The van der Waals surface area contributed by atoms with Gasteiger partial charge in [-0.05, 0) is 24.3 Å². The van der Waals surface area contributed by atoms with Crippen molar-refractivity contribution in [2.45, 2.75) is 0 Å². The summed E-state index contributed by atoms with van der Waals surface area (Å²) in [6, 6.07) is 8.06. The van der Waals surface area contributed by atoms with Gasteiger partial charge in [0, 0.05) is 6.20 Å². The number of nitrogens with one attached hydrogen (secondary N) is 1. The van der Waals surface area contributed by atoms with Gasteiger partial charge in [0.05, 0.1) is 39.8 Å². The lowest BCUT2D eigenvalue weighted by Crippen LogP contribution is -2.03. The Morgan fingerprint density at radius 1 is 1.37 bits per heavy atom. The first-order valence-electron chi connectivity index (χ1n) is 5.26. The number of hydrogen-bond donors (Lipinski definition) is 2. The molecule has 0 aliphatic carbocycles. The van der Waals surface area contributed by atoms with Crippen molar-refractivity contribution in [3.05, 3.63) is 52.8 Å². The third-order valence-electron chi connectivity index (χ3n) is 2.42. The third kappa shape index (κ3) is 2.81. The van der Waals surface area contributed by atoms with E-state index in [4.69, 9.17) is 22.0 Å². The summed E-state index contributed by atoms with van der Waals surface area (Å²) in [7, 11) is 0. The van der Waals surface area contributed by atoms with Crippen LogP contribution in [0.25, 0.3) is 0 Å². The number of hydrogen-bond acceptors (Lipinski definition) is 4. The summed E-state index contributed by atoms with van der Waals surface area (Å²) in [6.07, 6.45) is 2.80. The lowest BCUT2D eigenvalue weighted by molar-refractivity contribution is 0.0698. The number of anilines is 2. The van der Waals surface area contributed by atoms with Crippen LogP contribution < -0.4 is 5.32 Å². The van der Waals surface area contributed by atoms with Gasteiger partial charge >= 0.3 is 5.97 Å². The Hall–Kier alpha value is -2.58. The zero-order chi connectivity index (χ0) is 13.8. The Morgan fingerprint density at radius 2 is 2.16 bits per heavy atom. The summed E-state index contributed by atoms with van der Waals surface area (Å²) in [5.41, 5.74) is 1.37. The van der Waals surface area contributed by atoms with Gasteiger partial charge in [0.2, 0.25) is 0 Å². The van der Waals surface area contributed by atoms with Gasteiger partial charge in [0.25, 0.3) is 0 Å². The van der Waals surface area contributed by atoms with Gasteiger partial charge in [-0.1, -0.05) is 11.6 Å². The molecule has 0 saturated carbocycles. The monoisotopic (exact) mass is 273 g/mol. The van der Waals surface area contributed by atoms with Crippen LogP contribution in [-0.4, -0.2) is 16.1 Å². The number of rotatable bonds is 3. The molecule has 0 aliphatic heterocycles. The number of aromatic nitrogens is 1. The van der Waals surface area contributed by atoms with E-state index in [2.05, 4.69) is 10.3 Å². The molecule has 2 aromatic rings. The molecule has 1 heterocycles. The molecule has 1 aromatic heterocycles. The average molecular weight is 274 g/mol. The lowest BCUT2D eigenvalue weighted by atomic mass is 10.2. The van der Waals surface area contributed by atoms with Gasteiger partial charge in [-0.25, -0.2) is 4.79 Å². The van der Waals surface area contributed by atoms with Gasteiger partial charge in [0.15, 0.2) is 0 Å². The van der Waals surface area contributed by atoms with Gasteiger partial charge < -0.3 is 10.4 Å². The van der Waals surface area contributed by atoms with Crippen LogP contribution in [0.4, 0.5) is 11.4 Å². The van der Waals surface area contributed by atoms with Crippen LogP contribution in [0.3, 0.4) is 0 Å². The highest BCUT2D eigenvalue weighted by Gasteiger charge is 2.11. The van der Waals surface area contributed by atoms with Crippen molar-refractivity contribution in [1.82, 2.24) is 4.98 Å². The molecule has 0 amide bonds. The summed E-state index contributed by atoms with van der Waals surface area (Å²) in [5.74, 6) is -1.06. The fraction of sp³-hybridized carbons (Fsp3) is 0. The number of aromatic carboxylic acids is 1. The molecule has 2 rings (SSSR count). The number of nitrogens with zero attached hydrogens (tertiary/aromatic N) is 2. The van der Waals surface area contributed by atoms with Crippen LogP contribution in [0.2, 0.25) is 5.02 Å². The minimum atomic E-state index is -1.06. The zero-order valence-electron chi connectivity index (χ0n) is 9.59. The minimum Gasteiger partial charge on any atom is -0.478 e. The number of carbonyl (C=O) groups is 1. The molecule has 6 heteroatoms. The van der Waals surface area contributed by atoms with E-state index in [1.165, 1.54) is 24.5 Å². The van der Waals surface area contributed by atoms with E-state index in [1.54, 1.807) is 12.1 Å². The zero-order valence-corrected chi connectivity index (χ0v) is 10.3. The Labute approximate surface area is 114 Å². The molecule has 0 saturated heterocycles. The van der Waals surface area contributed by atoms with Crippen molar-refractivity contribution in [1.29, 1.82) is 5.26 Å². The second-order valence-corrected chi connectivity index (χ2v) is 4.07. The van der Waals surface area contributed by atoms with Crippen LogP contribution in [0, 0.1) is 11.3 Å². The molecule has 1 aromatic carbocycles. The highest BCUT2D eigenvalue weighted by Crippen LogP contribution is 2.27. The lowest BCUT2D eigenvalue weighted by Gasteiger charge is -2.10. The fourth-order valence-corrected chi connectivity index (χ4v) is 1.74. The van der Waals surface area contributed by atoms with Gasteiger partial charge in [0.1, 0.15) is 0 Å². The van der Waals surface area contributed by atoms with Crippen LogP contribution in [0.15, 0.2) is 36.7 Å². The van der Waals surface area contributed by atoms with Crippen molar-refractivity contribution in [2.75, 3.05) is 5.32 Å². The van der Waals surface area contributed by atoms with Gasteiger partial charge in [-0.2, -0.15) is 5.26 Å². The Bertz CT molecular complexity index is 680. The summed E-state index contributed by atoms with van der Waals surface area (Å²) in [5, 5.41) is 21.0. The number of nitriles is 1. The summed E-state index contributed by atoms with van der Waals surface area (Å²) in [6.45, 7) is 0. The van der Waals surface area contributed by atoms with E-state index in [1.807, 2.05) is 6.07 Å². The van der Waals surface area contributed by atoms with Crippen LogP contribution in [0.5, 0.6) is 0 Å². The van der Waals surface area contributed by atoms with Crippen molar-refractivity contribution in [3.63, 3.8) is 0 Å². The smallest absolute Gasteiger partial charge is 0.337 e. The number of halogens is 1. The molecule has 0 radical (unpaired) electrons. The number of pyridine rings is 1. The standard InChI is InChI=1S/C13H8ClN3O2/c14-10-5-8(6-15)1-2-11(10)17-12-7-16-4-3-9(12)13(18)19/h1-5,7,17H,(H,18,19). The Morgan fingerprint density at radius 3 is 2.79 bits per heavy atom. The van der Waals surface area contributed by atoms with Crippen LogP contribution in [-0.2, 0) is 0 Å². The normalized spacial score (nSPS) is 9.68.